The number of ether oxygens (including phenoxy) is 1. The van der Waals surface area contributed by atoms with Gasteiger partial charge in [0.2, 0.25) is 15.9 Å². The highest BCUT2D eigenvalue weighted by Gasteiger charge is 2.32. The van der Waals surface area contributed by atoms with Crippen LogP contribution in [0.5, 0.6) is 5.75 Å². The first kappa shape index (κ1) is 22.4. The van der Waals surface area contributed by atoms with Gasteiger partial charge in [-0.3, -0.25) is 9.59 Å². The number of rotatable bonds is 5. The van der Waals surface area contributed by atoms with Crippen LogP contribution in [0.15, 0.2) is 53.6 Å². The predicted octanol–water partition coefficient (Wildman–Crippen LogP) is 2.35. The molecule has 10 heteroatoms. The molecule has 0 radical (unpaired) electrons. The van der Waals surface area contributed by atoms with Gasteiger partial charge in [0.1, 0.15) is 5.75 Å². The third-order valence-electron chi connectivity index (χ3n) is 6.39. The molecule has 3 heterocycles. The maximum absolute atomic E-state index is 13.2. The number of carbonyl (C=O) groups excluding carboxylic acids is 2. The minimum absolute atomic E-state index is 0.0269. The molecule has 178 valence electrons. The Labute approximate surface area is 197 Å². The number of hydrogen-bond donors (Lipinski definition) is 2. The Morgan fingerprint density at radius 1 is 1.12 bits per heavy atom. The fraction of sp³-hybridized carbons (Fsp3) is 0.333. The van der Waals surface area contributed by atoms with Crippen LogP contribution >= 0.6 is 0 Å². The monoisotopic (exact) mass is 482 g/mol. The molecule has 2 aliphatic heterocycles. The van der Waals surface area contributed by atoms with Crippen molar-refractivity contribution in [3.63, 3.8) is 0 Å². The van der Waals surface area contributed by atoms with Crippen molar-refractivity contribution in [2.75, 3.05) is 31.5 Å². The molecule has 0 bridgehead atoms. The van der Waals surface area contributed by atoms with Crippen molar-refractivity contribution in [3.8, 4) is 5.75 Å². The molecule has 0 spiro atoms. The summed E-state index contributed by atoms with van der Waals surface area (Å²) >= 11 is 0. The highest BCUT2D eigenvalue weighted by Crippen LogP contribution is 2.33. The number of nitrogens with one attached hydrogen (secondary N) is 2. The van der Waals surface area contributed by atoms with Crippen molar-refractivity contribution < 1.29 is 22.7 Å². The molecule has 2 amide bonds. The van der Waals surface area contributed by atoms with Crippen molar-refractivity contribution in [1.29, 1.82) is 0 Å². The van der Waals surface area contributed by atoms with Crippen LogP contribution in [0, 0.1) is 0 Å². The van der Waals surface area contributed by atoms with E-state index in [1.165, 1.54) is 16.4 Å². The first-order valence-electron chi connectivity index (χ1n) is 11.3. The van der Waals surface area contributed by atoms with E-state index in [1.54, 1.807) is 11.0 Å². The van der Waals surface area contributed by atoms with E-state index in [0.29, 0.717) is 30.9 Å². The van der Waals surface area contributed by atoms with E-state index >= 15 is 0 Å². The van der Waals surface area contributed by atoms with Gasteiger partial charge < -0.3 is 19.9 Å². The Hall–Kier alpha value is -3.37. The summed E-state index contributed by atoms with van der Waals surface area (Å²) in [6.45, 7) is 2.91. The number of aromatic nitrogens is 1. The fourth-order valence-corrected chi connectivity index (χ4v) is 5.89. The van der Waals surface area contributed by atoms with Crippen molar-refractivity contribution >= 4 is 38.4 Å². The zero-order valence-electron chi connectivity index (χ0n) is 18.8. The second-order valence-electron chi connectivity index (χ2n) is 8.48. The average molecular weight is 483 g/mol. The summed E-state index contributed by atoms with van der Waals surface area (Å²) < 4.78 is 33.5. The van der Waals surface area contributed by atoms with E-state index in [2.05, 4.69) is 10.3 Å². The number of aromatic amines is 1. The van der Waals surface area contributed by atoms with Crippen LogP contribution in [0.1, 0.15) is 18.9 Å². The molecule has 2 aromatic carbocycles. The van der Waals surface area contributed by atoms with E-state index in [9.17, 15) is 18.0 Å². The predicted molar refractivity (Wildman–Crippen MR) is 127 cm³/mol. The Kier molecular flexibility index (Phi) is 5.78. The molecule has 34 heavy (non-hydrogen) atoms. The molecule has 1 unspecified atom stereocenters. The largest absolute Gasteiger partial charge is 0.478 e. The Bertz CT molecular complexity index is 1360. The standard InChI is InChI=1S/C24H26N4O5S/c1-2-21-24(30)26-20-14-17(7-8-22(20)33-21)34(31,32)28-11-9-27(10-12-28)23(29)13-16-15-25-19-6-4-3-5-18(16)19/h3-8,14-15,21,25H,2,9-13H2,1H3,(H,26,30). The lowest BCUT2D eigenvalue weighted by molar-refractivity contribution is -0.131. The summed E-state index contributed by atoms with van der Waals surface area (Å²) in [5.41, 5.74) is 2.26. The summed E-state index contributed by atoms with van der Waals surface area (Å²) in [7, 11) is -3.78. The molecule has 9 nitrogen and oxygen atoms in total. The van der Waals surface area contributed by atoms with Gasteiger partial charge in [0.05, 0.1) is 17.0 Å². The molecular weight excluding hydrogens is 456 g/mol. The molecule has 1 atom stereocenters. The number of amides is 2. The Morgan fingerprint density at radius 3 is 2.65 bits per heavy atom. The minimum atomic E-state index is -3.78. The lowest BCUT2D eigenvalue weighted by Gasteiger charge is -2.34. The van der Waals surface area contributed by atoms with Crippen LogP contribution in [0.2, 0.25) is 0 Å². The van der Waals surface area contributed by atoms with Gasteiger partial charge in [-0.05, 0) is 36.2 Å². The topological polar surface area (TPSA) is 112 Å². The number of benzene rings is 2. The number of piperazine rings is 1. The van der Waals surface area contributed by atoms with E-state index in [1.807, 2.05) is 37.4 Å². The lowest BCUT2D eigenvalue weighted by atomic mass is 10.1. The molecule has 1 saturated heterocycles. The number of sulfonamides is 1. The second-order valence-corrected chi connectivity index (χ2v) is 10.4. The molecule has 2 aliphatic rings. The van der Waals surface area contributed by atoms with E-state index in [4.69, 9.17) is 4.74 Å². The van der Waals surface area contributed by atoms with Gasteiger partial charge in [-0.1, -0.05) is 25.1 Å². The van der Waals surface area contributed by atoms with Crippen LogP contribution in [-0.4, -0.2) is 66.7 Å². The van der Waals surface area contributed by atoms with Gasteiger partial charge in [-0.2, -0.15) is 4.31 Å². The zero-order chi connectivity index (χ0) is 23.9. The highest BCUT2D eigenvalue weighted by atomic mass is 32.2. The number of fused-ring (bicyclic) bond motifs is 2. The normalized spacial score (nSPS) is 18.9. The molecule has 5 rings (SSSR count). The van der Waals surface area contributed by atoms with Crippen LogP contribution in [0.4, 0.5) is 5.69 Å². The zero-order valence-corrected chi connectivity index (χ0v) is 19.6. The van der Waals surface area contributed by atoms with Crippen molar-refractivity contribution in [2.24, 2.45) is 0 Å². The van der Waals surface area contributed by atoms with Crippen LogP contribution < -0.4 is 10.1 Å². The van der Waals surface area contributed by atoms with Crippen molar-refractivity contribution in [1.82, 2.24) is 14.2 Å². The quantitative estimate of drug-likeness (QED) is 0.580. The smallest absolute Gasteiger partial charge is 0.265 e. The number of hydrogen-bond acceptors (Lipinski definition) is 5. The molecule has 3 aromatic rings. The highest BCUT2D eigenvalue weighted by molar-refractivity contribution is 7.89. The van der Waals surface area contributed by atoms with Gasteiger partial charge in [-0.25, -0.2) is 8.42 Å². The first-order valence-corrected chi connectivity index (χ1v) is 12.8. The van der Waals surface area contributed by atoms with Gasteiger partial charge in [0.15, 0.2) is 6.10 Å². The number of nitrogens with zero attached hydrogens (tertiary/aromatic N) is 2. The van der Waals surface area contributed by atoms with Gasteiger partial charge in [-0.15, -0.1) is 0 Å². The molecule has 0 saturated carbocycles. The second kappa shape index (κ2) is 8.77. The van der Waals surface area contributed by atoms with Crippen LogP contribution in [0.3, 0.4) is 0 Å². The summed E-state index contributed by atoms with van der Waals surface area (Å²) in [6, 6.07) is 12.3. The number of anilines is 1. The number of para-hydroxylation sites is 1. The molecular formula is C24H26N4O5S. The van der Waals surface area contributed by atoms with Crippen molar-refractivity contribution in [2.45, 2.75) is 30.8 Å². The molecule has 0 aliphatic carbocycles. The fourth-order valence-electron chi connectivity index (χ4n) is 4.44. The van der Waals surface area contributed by atoms with Crippen molar-refractivity contribution in [3.05, 3.63) is 54.2 Å². The molecule has 2 N–H and O–H groups in total. The number of H-pyrrole nitrogens is 1. The summed E-state index contributed by atoms with van der Waals surface area (Å²) in [5, 5.41) is 3.75. The third-order valence-corrected chi connectivity index (χ3v) is 8.28. The van der Waals surface area contributed by atoms with E-state index in [0.717, 1.165) is 16.5 Å². The minimum Gasteiger partial charge on any atom is -0.478 e. The maximum Gasteiger partial charge on any atom is 0.265 e. The SMILES string of the molecule is CCC1Oc2ccc(S(=O)(=O)N3CCN(C(=O)Cc4c[nH]c5ccccc45)CC3)cc2NC1=O. The van der Waals surface area contributed by atoms with Gasteiger partial charge in [0.25, 0.3) is 5.91 Å². The molecule has 1 fully saturated rings. The lowest BCUT2D eigenvalue weighted by Crippen LogP contribution is -2.50. The summed E-state index contributed by atoms with van der Waals surface area (Å²) in [5.74, 6) is 0.144. The Morgan fingerprint density at radius 2 is 1.88 bits per heavy atom. The maximum atomic E-state index is 13.2. The number of carbonyl (C=O) groups is 2. The van der Waals surface area contributed by atoms with E-state index in [-0.39, 0.29) is 36.2 Å². The van der Waals surface area contributed by atoms with E-state index < -0.39 is 16.1 Å². The van der Waals surface area contributed by atoms with Crippen LogP contribution in [-0.2, 0) is 26.0 Å². The van der Waals surface area contributed by atoms with Gasteiger partial charge in [0, 0.05) is 43.3 Å². The summed E-state index contributed by atoms with van der Waals surface area (Å²) in [4.78, 5) is 29.9. The first-order chi connectivity index (χ1) is 16.4. The average Bonchev–Trinajstić information content (AvgIpc) is 3.26. The molecule has 1 aromatic heterocycles. The third kappa shape index (κ3) is 4.03. The summed E-state index contributed by atoms with van der Waals surface area (Å²) in [6.07, 6.45) is 2.06. The van der Waals surface area contributed by atoms with Crippen LogP contribution in [0.25, 0.3) is 10.9 Å². The van der Waals surface area contributed by atoms with Gasteiger partial charge >= 0.3 is 0 Å². The Balaban J connectivity index is 1.25.